The molecule has 0 fully saturated rings. The lowest BCUT2D eigenvalue weighted by Crippen LogP contribution is -2.27. The second-order valence-corrected chi connectivity index (χ2v) is 8.05. The Bertz CT molecular complexity index is 811. The van der Waals surface area contributed by atoms with Crippen molar-refractivity contribution in [2.24, 2.45) is 0 Å². The zero-order valence-corrected chi connectivity index (χ0v) is 15.0. The number of hydrogen-bond donors (Lipinski definition) is 2. The van der Waals surface area contributed by atoms with E-state index < -0.39 is 9.84 Å². The summed E-state index contributed by atoms with van der Waals surface area (Å²) in [6.07, 6.45) is 1.17. The number of carbonyl (C=O) groups excluding carboxylic acids is 1. The van der Waals surface area contributed by atoms with Gasteiger partial charge in [0.2, 0.25) is 0 Å². The first-order valence-corrected chi connectivity index (χ1v) is 9.65. The zero-order valence-electron chi connectivity index (χ0n) is 13.4. The van der Waals surface area contributed by atoms with Gasteiger partial charge >= 0.3 is 0 Å². The summed E-state index contributed by atoms with van der Waals surface area (Å²) >= 11 is 1.24. The number of sulfone groups is 1. The number of amides is 1. The van der Waals surface area contributed by atoms with Gasteiger partial charge in [-0.05, 0) is 43.1 Å². The molecule has 8 heteroatoms. The van der Waals surface area contributed by atoms with Crippen molar-refractivity contribution in [3.8, 4) is 0 Å². The molecule has 1 amide bonds. The van der Waals surface area contributed by atoms with E-state index >= 15 is 0 Å². The van der Waals surface area contributed by atoms with E-state index in [0.717, 1.165) is 10.6 Å². The van der Waals surface area contributed by atoms with Gasteiger partial charge in [0.15, 0.2) is 9.84 Å². The average Bonchev–Trinajstić information content (AvgIpc) is 2.87. The van der Waals surface area contributed by atoms with Crippen LogP contribution in [0.4, 0.5) is 5.00 Å². The van der Waals surface area contributed by atoms with Gasteiger partial charge in [-0.1, -0.05) is 12.1 Å². The van der Waals surface area contributed by atoms with E-state index in [1.807, 2.05) is 6.92 Å². The van der Waals surface area contributed by atoms with Crippen LogP contribution in [0.3, 0.4) is 0 Å². The van der Waals surface area contributed by atoms with Crippen LogP contribution in [0.5, 0.6) is 0 Å². The van der Waals surface area contributed by atoms with E-state index in [9.17, 15) is 13.2 Å². The van der Waals surface area contributed by atoms with Gasteiger partial charge in [-0.3, -0.25) is 4.79 Å². The lowest BCUT2D eigenvalue weighted by atomic mass is 10.1. The lowest BCUT2D eigenvalue weighted by Gasteiger charge is -2.15. The minimum absolute atomic E-state index is 0.208. The first kappa shape index (κ1) is 17.4. The van der Waals surface area contributed by atoms with E-state index in [1.165, 1.54) is 17.8 Å². The second kappa shape index (κ2) is 6.67. The van der Waals surface area contributed by atoms with Crippen molar-refractivity contribution >= 4 is 32.3 Å². The molecule has 1 aromatic heterocycles. The van der Waals surface area contributed by atoms with Gasteiger partial charge in [-0.25, -0.2) is 8.42 Å². The quantitative estimate of drug-likeness (QED) is 0.862. The molecule has 1 heterocycles. The fourth-order valence-corrected chi connectivity index (χ4v) is 3.54. The van der Waals surface area contributed by atoms with Crippen molar-refractivity contribution in [2.45, 2.75) is 24.8 Å². The second-order valence-electron chi connectivity index (χ2n) is 5.26. The summed E-state index contributed by atoms with van der Waals surface area (Å²) in [5.74, 6) is -0.208. The maximum atomic E-state index is 12.4. The molecular weight excluding hydrogens is 334 g/mol. The topological polar surface area (TPSA) is 88.2 Å². The van der Waals surface area contributed by atoms with Gasteiger partial charge in [-0.2, -0.15) is 4.37 Å². The third-order valence-corrected chi connectivity index (χ3v) is 5.56. The number of rotatable bonds is 5. The highest BCUT2D eigenvalue weighted by atomic mass is 32.2. The Balaban J connectivity index is 2.17. The van der Waals surface area contributed by atoms with Crippen molar-refractivity contribution in [1.82, 2.24) is 9.69 Å². The molecule has 2 aromatic rings. The monoisotopic (exact) mass is 353 g/mol. The molecule has 0 saturated heterocycles. The third kappa shape index (κ3) is 3.89. The summed E-state index contributed by atoms with van der Waals surface area (Å²) in [6, 6.07) is 6.26. The van der Waals surface area contributed by atoms with E-state index in [4.69, 9.17) is 0 Å². The van der Waals surface area contributed by atoms with Crippen LogP contribution in [-0.4, -0.2) is 32.0 Å². The molecule has 23 heavy (non-hydrogen) atoms. The summed E-state index contributed by atoms with van der Waals surface area (Å²) in [6.45, 7) is 3.64. The lowest BCUT2D eigenvalue weighted by molar-refractivity contribution is 0.0940. The van der Waals surface area contributed by atoms with Crippen molar-refractivity contribution in [3.05, 3.63) is 41.1 Å². The summed E-state index contributed by atoms with van der Waals surface area (Å²) in [4.78, 5) is 12.7. The first-order valence-electron chi connectivity index (χ1n) is 6.99. The largest absolute Gasteiger partial charge is 0.378 e. The fraction of sp³-hybridized carbons (Fsp3) is 0.333. The van der Waals surface area contributed by atoms with Crippen LogP contribution in [0.1, 0.15) is 34.6 Å². The van der Waals surface area contributed by atoms with Crippen LogP contribution in [-0.2, 0) is 9.84 Å². The molecule has 2 N–H and O–H groups in total. The number of nitrogens with zero attached hydrogens (tertiary/aromatic N) is 1. The van der Waals surface area contributed by atoms with Crippen molar-refractivity contribution < 1.29 is 13.2 Å². The van der Waals surface area contributed by atoms with Gasteiger partial charge in [0, 0.05) is 13.3 Å². The molecule has 0 aliphatic rings. The molecule has 6 nitrogen and oxygen atoms in total. The molecule has 2 rings (SSSR count). The van der Waals surface area contributed by atoms with E-state index in [1.54, 1.807) is 38.2 Å². The van der Waals surface area contributed by atoms with Crippen LogP contribution in [0.15, 0.2) is 29.2 Å². The summed E-state index contributed by atoms with van der Waals surface area (Å²) in [7, 11) is -1.47. The molecule has 0 radical (unpaired) electrons. The number of aryl methyl sites for hydroxylation is 1. The maximum absolute atomic E-state index is 12.4. The number of carbonyl (C=O) groups is 1. The maximum Gasteiger partial charge on any atom is 0.256 e. The number of nitrogens with one attached hydrogen (secondary N) is 2. The van der Waals surface area contributed by atoms with Gasteiger partial charge < -0.3 is 10.6 Å². The molecule has 1 aromatic carbocycles. The molecule has 0 aliphatic carbocycles. The van der Waals surface area contributed by atoms with Crippen LogP contribution in [0.25, 0.3) is 0 Å². The first-order chi connectivity index (χ1) is 10.7. The third-order valence-electron chi connectivity index (χ3n) is 3.47. The minimum atomic E-state index is -3.22. The minimum Gasteiger partial charge on any atom is -0.378 e. The highest BCUT2D eigenvalue weighted by Crippen LogP contribution is 2.25. The molecule has 0 bridgehead atoms. The molecule has 0 saturated carbocycles. The van der Waals surface area contributed by atoms with Crippen molar-refractivity contribution in [2.75, 3.05) is 18.6 Å². The van der Waals surface area contributed by atoms with Crippen LogP contribution < -0.4 is 10.6 Å². The Morgan fingerprint density at radius 3 is 2.39 bits per heavy atom. The normalized spacial score (nSPS) is 12.7. The van der Waals surface area contributed by atoms with Gasteiger partial charge in [0.1, 0.15) is 5.00 Å². The number of benzene rings is 1. The average molecular weight is 353 g/mol. The van der Waals surface area contributed by atoms with E-state index in [-0.39, 0.29) is 16.8 Å². The Kier molecular flexibility index (Phi) is 5.06. The summed E-state index contributed by atoms with van der Waals surface area (Å²) in [5, 5.41) is 6.60. The number of hydrogen-bond acceptors (Lipinski definition) is 6. The summed E-state index contributed by atoms with van der Waals surface area (Å²) in [5.41, 5.74) is 2.05. The number of anilines is 1. The van der Waals surface area contributed by atoms with E-state index in [2.05, 4.69) is 15.0 Å². The predicted molar refractivity (Wildman–Crippen MR) is 91.8 cm³/mol. The van der Waals surface area contributed by atoms with Crippen LogP contribution >= 0.6 is 11.5 Å². The van der Waals surface area contributed by atoms with Gasteiger partial charge in [-0.15, -0.1) is 0 Å². The summed E-state index contributed by atoms with van der Waals surface area (Å²) < 4.78 is 27.1. The molecule has 0 spiro atoms. The Labute approximate surface area is 140 Å². The predicted octanol–water partition coefficient (Wildman–Crippen LogP) is 2.39. The van der Waals surface area contributed by atoms with E-state index in [0.29, 0.717) is 11.3 Å². The fourth-order valence-electron chi connectivity index (χ4n) is 2.16. The highest BCUT2D eigenvalue weighted by Gasteiger charge is 2.20. The van der Waals surface area contributed by atoms with Crippen molar-refractivity contribution in [1.29, 1.82) is 0 Å². The Morgan fingerprint density at radius 1 is 1.26 bits per heavy atom. The smallest absolute Gasteiger partial charge is 0.256 e. The number of aromatic nitrogens is 1. The molecule has 0 aliphatic heterocycles. The molecule has 1 unspecified atom stereocenters. The van der Waals surface area contributed by atoms with Crippen LogP contribution in [0.2, 0.25) is 0 Å². The Morgan fingerprint density at radius 2 is 1.87 bits per heavy atom. The molecular formula is C15H19N3O3S2. The molecule has 124 valence electrons. The van der Waals surface area contributed by atoms with Gasteiger partial charge in [0.25, 0.3) is 5.91 Å². The SMILES string of the molecule is CNc1snc(C)c1C(=O)NC(C)c1ccc(S(C)(=O)=O)cc1. The van der Waals surface area contributed by atoms with Crippen molar-refractivity contribution in [3.63, 3.8) is 0 Å². The van der Waals surface area contributed by atoms with Gasteiger partial charge in [0.05, 0.1) is 22.2 Å². The highest BCUT2D eigenvalue weighted by molar-refractivity contribution is 7.90. The van der Waals surface area contributed by atoms with Crippen LogP contribution in [0, 0.1) is 6.92 Å². The Hall–Kier alpha value is -1.93. The standard InChI is InChI=1S/C15H19N3O3S2/c1-9(11-5-7-12(8-6-11)23(4,20)21)17-14(19)13-10(2)18-22-15(13)16-3/h5-9,16H,1-4H3,(H,17,19). The molecule has 1 atom stereocenters. The zero-order chi connectivity index (χ0) is 17.2.